The summed E-state index contributed by atoms with van der Waals surface area (Å²) < 4.78 is 0. The Balaban J connectivity index is 2.17. The van der Waals surface area contributed by atoms with Crippen LogP contribution in [0, 0.1) is 0 Å². The van der Waals surface area contributed by atoms with Crippen LogP contribution in [0.1, 0.15) is 23.2 Å². The lowest BCUT2D eigenvalue weighted by Gasteiger charge is -2.24. The van der Waals surface area contributed by atoms with Gasteiger partial charge in [-0.15, -0.1) is 0 Å². The van der Waals surface area contributed by atoms with Gasteiger partial charge in [-0.05, 0) is 31.0 Å². The van der Waals surface area contributed by atoms with Gasteiger partial charge in [0.2, 0.25) is 5.91 Å². The van der Waals surface area contributed by atoms with Crippen LogP contribution in [0.25, 0.3) is 0 Å². The van der Waals surface area contributed by atoms with Crippen molar-refractivity contribution in [2.75, 3.05) is 19.7 Å². The molecule has 0 spiro atoms. The third-order valence-electron chi connectivity index (χ3n) is 3.39. The fourth-order valence-electron chi connectivity index (χ4n) is 2.40. The Morgan fingerprint density at radius 2 is 2.14 bits per heavy atom. The number of carbonyl (C=O) groups excluding carboxylic acids is 2. The van der Waals surface area contributed by atoms with Gasteiger partial charge in [-0.3, -0.25) is 9.59 Å². The second kappa shape index (κ2) is 7.11. The van der Waals surface area contributed by atoms with Crippen molar-refractivity contribution in [3.05, 3.63) is 33.8 Å². The average Bonchev–Trinajstić information content (AvgIpc) is 2.96. The maximum absolute atomic E-state index is 12.6. The highest BCUT2D eigenvalue weighted by atomic mass is 35.5. The van der Waals surface area contributed by atoms with Crippen molar-refractivity contribution in [2.45, 2.75) is 18.9 Å². The smallest absolute Gasteiger partial charge is 0.256 e. The molecule has 0 aromatic heterocycles. The van der Waals surface area contributed by atoms with Crippen LogP contribution in [0.4, 0.5) is 0 Å². The molecule has 1 fully saturated rings. The first kappa shape index (κ1) is 16.1. The van der Waals surface area contributed by atoms with E-state index < -0.39 is 6.04 Å². The summed E-state index contributed by atoms with van der Waals surface area (Å²) in [6.45, 7) is 0.542. The summed E-state index contributed by atoms with van der Waals surface area (Å²) in [4.78, 5) is 26.1. The Bertz CT molecular complexity index is 551. The summed E-state index contributed by atoms with van der Waals surface area (Å²) in [5, 5.41) is 12.1. The third kappa shape index (κ3) is 3.67. The van der Waals surface area contributed by atoms with Crippen molar-refractivity contribution < 1.29 is 14.7 Å². The topological polar surface area (TPSA) is 69.6 Å². The molecular weight excluding hydrogens is 315 g/mol. The summed E-state index contributed by atoms with van der Waals surface area (Å²) >= 11 is 11.9. The molecule has 0 saturated carbocycles. The van der Waals surface area contributed by atoms with Gasteiger partial charge in [0.05, 0.1) is 17.2 Å². The van der Waals surface area contributed by atoms with E-state index in [-0.39, 0.29) is 25.0 Å². The Labute approximate surface area is 132 Å². The molecule has 0 aliphatic carbocycles. The molecular formula is C14H16Cl2N2O3. The Kier molecular flexibility index (Phi) is 5.45. The minimum atomic E-state index is -0.529. The van der Waals surface area contributed by atoms with E-state index in [2.05, 4.69) is 5.32 Å². The highest BCUT2D eigenvalue weighted by Crippen LogP contribution is 2.26. The van der Waals surface area contributed by atoms with Crippen molar-refractivity contribution in [2.24, 2.45) is 0 Å². The number of hydrogen-bond acceptors (Lipinski definition) is 3. The van der Waals surface area contributed by atoms with Gasteiger partial charge in [0.1, 0.15) is 6.04 Å². The average molecular weight is 331 g/mol. The molecule has 1 aromatic rings. The summed E-state index contributed by atoms with van der Waals surface area (Å²) in [5.74, 6) is -0.558. The van der Waals surface area contributed by atoms with Gasteiger partial charge >= 0.3 is 0 Å². The van der Waals surface area contributed by atoms with E-state index in [1.165, 1.54) is 11.0 Å². The summed E-state index contributed by atoms with van der Waals surface area (Å²) in [6, 6.07) is 4.15. The fraction of sp³-hybridized carbons (Fsp3) is 0.429. The number of aliphatic hydroxyl groups is 1. The van der Waals surface area contributed by atoms with Gasteiger partial charge in [-0.1, -0.05) is 23.2 Å². The van der Waals surface area contributed by atoms with Crippen LogP contribution < -0.4 is 5.32 Å². The number of carbonyl (C=O) groups is 2. The second-order valence-electron chi connectivity index (χ2n) is 4.80. The van der Waals surface area contributed by atoms with E-state index in [4.69, 9.17) is 28.3 Å². The Hall–Kier alpha value is -1.30. The zero-order valence-electron chi connectivity index (χ0n) is 11.3. The molecule has 5 nitrogen and oxygen atoms in total. The number of hydrogen-bond donors (Lipinski definition) is 2. The molecule has 0 bridgehead atoms. The highest BCUT2D eigenvalue weighted by molar-refractivity contribution is 6.35. The Morgan fingerprint density at radius 1 is 1.38 bits per heavy atom. The molecule has 21 heavy (non-hydrogen) atoms. The van der Waals surface area contributed by atoms with E-state index in [0.29, 0.717) is 28.6 Å². The predicted molar refractivity (Wildman–Crippen MR) is 80.6 cm³/mol. The van der Waals surface area contributed by atoms with Crippen LogP contribution in [0.15, 0.2) is 18.2 Å². The van der Waals surface area contributed by atoms with Gasteiger partial charge in [0.25, 0.3) is 5.91 Å². The number of likely N-dealkylation sites (tertiary alicyclic amines) is 1. The molecule has 1 saturated heterocycles. The summed E-state index contributed by atoms with van der Waals surface area (Å²) in [7, 11) is 0. The van der Waals surface area contributed by atoms with Crippen LogP contribution >= 0.6 is 23.2 Å². The van der Waals surface area contributed by atoms with Crippen molar-refractivity contribution in [1.29, 1.82) is 0 Å². The second-order valence-corrected chi connectivity index (χ2v) is 5.64. The van der Waals surface area contributed by atoms with Crippen molar-refractivity contribution >= 4 is 35.0 Å². The maximum Gasteiger partial charge on any atom is 0.256 e. The molecule has 1 aliphatic heterocycles. The zero-order valence-corrected chi connectivity index (χ0v) is 12.8. The van der Waals surface area contributed by atoms with Crippen LogP contribution in [-0.4, -0.2) is 47.6 Å². The van der Waals surface area contributed by atoms with E-state index in [1.54, 1.807) is 12.1 Å². The number of nitrogens with zero attached hydrogens (tertiary/aromatic N) is 1. The normalized spacial score (nSPS) is 17.9. The standard InChI is InChI=1S/C14H16Cl2N2O3/c15-9-3-4-11(16)10(8-9)14(21)18-6-1-2-12(18)13(20)17-5-7-19/h3-4,8,12,19H,1-2,5-7H2,(H,17,20)/t12-/m1/s1. The SMILES string of the molecule is O=C(NCCO)[C@H]1CCCN1C(=O)c1cc(Cl)ccc1Cl. The van der Waals surface area contributed by atoms with Crippen LogP contribution in [-0.2, 0) is 4.79 Å². The van der Waals surface area contributed by atoms with Crippen LogP contribution in [0.3, 0.4) is 0 Å². The first-order valence-electron chi connectivity index (χ1n) is 6.69. The number of amides is 2. The molecule has 1 heterocycles. The molecule has 114 valence electrons. The number of nitrogens with one attached hydrogen (secondary N) is 1. The molecule has 0 unspecified atom stereocenters. The number of halogens is 2. The van der Waals surface area contributed by atoms with Crippen molar-refractivity contribution in [3.8, 4) is 0 Å². The zero-order chi connectivity index (χ0) is 15.4. The fourth-order valence-corrected chi connectivity index (χ4v) is 2.77. The molecule has 0 radical (unpaired) electrons. The van der Waals surface area contributed by atoms with Crippen molar-refractivity contribution in [1.82, 2.24) is 10.2 Å². The van der Waals surface area contributed by atoms with Crippen LogP contribution in [0.5, 0.6) is 0 Å². The molecule has 2 N–H and O–H groups in total. The number of aliphatic hydroxyl groups excluding tert-OH is 1. The molecule has 1 atom stereocenters. The Morgan fingerprint density at radius 3 is 2.86 bits per heavy atom. The number of benzene rings is 1. The minimum Gasteiger partial charge on any atom is -0.395 e. The largest absolute Gasteiger partial charge is 0.395 e. The maximum atomic E-state index is 12.6. The van der Waals surface area contributed by atoms with Gasteiger partial charge in [-0.25, -0.2) is 0 Å². The monoisotopic (exact) mass is 330 g/mol. The molecule has 2 amide bonds. The molecule has 7 heteroatoms. The summed E-state index contributed by atoms with van der Waals surface area (Å²) in [6.07, 6.45) is 1.35. The predicted octanol–water partition coefficient (Wildman–Crippen LogP) is 1.71. The molecule has 1 aliphatic rings. The number of rotatable bonds is 4. The lowest BCUT2D eigenvalue weighted by Crippen LogP contribution is -2.46. The van der Waals surface area contributed by atoms with E-state index in [1.807, 2.05) is 0 Å². The first-order valence-corrected chi connectivity index (χ1v) is 7.44. The highest BCUT2D eigenvalue weighted by Gasteiger charge is 2.35. The third-order valence-corrected chi connectivity index (χ3v) is 3.95. The summed E-state index contributed by atoms with van der Waals surface area (Å²) in [5.41, 5.74) is 0.297. The van der Waals surface area contributed by atoms with Crippen molar-refractivity contribution in [3.63, 3.8) is 0 Å². The lowest BCUT2D eigenvalue weighted by molar-refractivity contribution is -0.125. The van der Waals surface area contributed by atoms with E-state index in [0.717, 1.165) is 6.42 Å². The lowest BCUT2D eigenvalue weighted by atomic mass is 10.1. The van der Waals surface area contributed by atoms with Gasteiger partial charge < -0.3 is 15.3 Å². The van der Waals surface area contributed by atoms with E-state index in [9.17, 15) is 9.59 Å². The molecule has 1 aromatic carbocycles. The minimum absolute atomic E-state index is 0.132. The van der Waals surface area contributed by atoms with Crippen LogP contribution in [0.2, 0.25) is 10.0 Å². The first-order chi connectivity index (χ1) is 10.0. The van der Waals surface area contributed by atoms with Gasteiger partial charge in [-0.2, -0.15) is 0 Å². The molecule has 2 rings (SSSR count). The quantitative estimate of drug-likeness (QED) is 0.882. The van der Waals surface area contributed by atoms with Gasteiger partial charge in [0.15, 0.2) is 0 Å². The van der Waals surface area contributed by atoms with Gasteiger partial charge in [0, 0.05) is 18.1 Å². The van der Waals surface area contributed by atoms with E-state index >= 15 is 0 Å².